The Morgan fingerprint density at radius 2 is 2.00 bits per heavy atom. The third kappa shape index (κ3) is 2.95. The molecule has 2 saturated heterocycles. The molecule has 1 N–H and O–H groups in total. The van der Waals surface area contributed by atoms with Gasteiger partial charge in [-0.05, 0) is 13.8 Å². The monoisotopic (exact) mass is 268 g/mol. The molecule has 0 spiro atoms. The van der Waals surface area contributed by atoms with Crippen molar-refractivity contribution in [2.24, 2.45) is 0 Å². The molecule has 0 radical (unpaired) electrons. The Kier molecular flexibility index (Phi) is 3.22. The molecule has 2 aliphatic rings. The van der Waals surface area contributed by atoms with Crippen molar-refractivity contribution in [3.05, 3.63) is 0 Å². The van der Waals surface area contributed by atoms with E-state index in [9.17, 15) is 13.5 Å². The van der Waals surface area contributed by atoms with Crippen LogP contribution in [0.25, 0.3) is 0 Å². The van der Waals surface area contributed by atoms with Gasteiger partial charge in [0.1, 0.15) is 12.2 Å². The predicted molar refractivity (Wildman–Crippen MR) is 55.5 cm³/mol. The van der Waals surface area contributed by atoms with Crippen molar-refractivity contribution in [1.29, 1.82) is 0 Å². The van der Waals surface area contributed by atoms with Gasteiger partial charge in [-0.2, -0.15) is 8.42 Å². The van der Waals surface area contributed by atoms with Crippen molar-refractivity contribution in [2.45, 2.75) is 44.2 Å². The molecule has 2 fully saturated rings. The molecule has 0 aliphatic carbocycles. The zero-order valence-electron chi connectivity index (χ0n) is 9.82. The highest BCUT2D eigenvalue weighted by molar-refractivity contribution is 7.86. The van der Waals surface area contributed by atoms with E-state index in [1.54, 1.807) is 13.8 Å². The molecular weight excluding hydrogens is 252 g/mol. The van der Waals surface area contributed by atoms with Crippen LogP contribution in [0.15, 0.2) is 0 Å². The van der Waals surface area contributed by atoms with Crippen molar-refractivity contribution < 1.29 is 31.9 Å². The fraction of sp³-hybridized carbons (Fsp3) is 1.00. The second kappa shape index (κ2) is 4.15. The van der Waals surface area contributed by atoms with Crippen molar-refractivity contribution >= 4 is 10.1 Å². The van der Waals surface area contributed by atoms with Crippen LogP contribution in [0.3, 0.4) is 0 Å². The highest BCUT2D eigenvalue weighted by Gasteiger charge is 2.52. The quantitative estimate of drug-likeness (QED) is 0.655. The van der Waals surface area contributed by atoms with Gasteiger partial charge in [0, 0.05) is 0 Å². The summed E-state index contributed by atoms with van der Waals surface area (Å²) in [7, 11) is -3.71. The average Bonchev–Trinajstić information content (AvgIpc) is 2.44. The molecule has 7 nitrogen and oxygen atoms in total. The molecule has 0 aromatic rings. The lowest BCUT2D eigenvalue weighted by molar-refractivity contribution is -0.221. The van der Waals surface area contributed by atoms with Gasteiger partial charge in [-0.1, -0.05) is 0 Å². The molecule has 8 heteroatoms. The molecular formula is C9H16O7S. The van der Waals surface area contributed by atoms with Gasteiger partial charge in [-0.3, -0.25) is 4.18 Å². The number of hydrogen-bond donors (Lipinski definition) is 1. The summed E-state index contributed by atoms with van der Waals surface area (Å²) >= 11 is 0. The first-order valence-corrected chi connectivity index (χ1v) is 7.03. The lowest BCUT2D eigenvalue weighted by Gasteiger charge is -2.33. The number of ether oxygens (including phenoxy) is 3. The highest BCUT2D eigenvalue weighted by atomic mass is 32.2. The van der Waals surface area contributed by atoms with Crippen molar-refractivity contribution in [1.82, 2.24) is 0 Å². The molecule has 4 atom stereocenters. The van der Waals surface area contributed by atoms with Crippen LogP contribution >= 0.6 is 0 Å². The lowest BCUT2D eigenvalue weighted by Crippen LogP contribution is -2.53. The SMILES string of the molecule is CC1(C)O[C@H]2[C@H](OS(C)(=O)=O)[C@H](O)OC[C@H]2O1. The molecule has 0 amide bonds. The first-order valence-electron chi connectivity index (χ1n) is 5.21. The van der Waals surface area contributed by atoms with Crippen LogP contribution in [-0.4, -0.2) is 56.8 Å². The normalized spacial score (nSPS) is 41.2. The maximum Gasteiger partial charge on any atom is 0.264 e. The lowest BCUT2D eigenvalue weighted by atomic mass is 10.1. The fourth-order valence-electron chi connectivity index (χ4n) is 2.03. The van der Waals surface area contributed by atoms with Crippen LogP contribution in [0.1, 0.15) is 13.8 Å². The van der Waals surface area contributed by atoms with E-state index in [0.29, 0.717) is 0 Å². The molecule has 2 heterocycles. The van der Waals surface area contributed by atoms with Gasteiger partial charge in [-0.25, -0.2) is 0 Å². The second-order valence-corrected chi connectivity index (χ2v) is 6.23. The molecule has 100 valence electrons. The third-order valence-electron chi connectivity index (χ3n) is 2.54. The molecule has 0 aromatic carbocycles. The van der Waals surface area contributed by atoms with E-state index in [0.717, 1.165) is 6.26 Å². The summed E-state index contributed by atoms with van der Waals surface area (Å²) in [6.45, 7) is 3.54. The second-order valence-electron chi connectivity index (χ2n) is 4.63. The van der Waals surface area contributed by atoms with Crippen molar-refractivity contribution in [2.75, 3.05) is 12.9 Å². The first-order chi connectivity index (χ1) is 7.68. The minimum absolute atomic E-state index is 0.138. The Labute approximate surface area is 99.7 Å². The van der Waals surface area contributed by atoms with Crippen molar-refractivity contribution in [3.8, 4) is 0 Å². The number of aliphatic hydroxyl groups is 1. The summed E-state index contributed by atoms with van der Waals surface area (Å²) in [5, 5.41) is 9.60. The zero-order chi connectivity index (χ0) is 12.8. The molecule has 2 rings (SSSR count). The minimum Gasteiger partial charge on any atom is -0.366 e. The van der Waals surface area contributed by atoms with Gasteiger partial charge in [0.25, 0.3) is 10.1 Å². The Bertz CT molecular complexity index is 390. The Hall–Kier alpha value is -0.250. The van der Waals surface area contributed by atoms with Crippen LogP contribution in [0.4, 0.5) is 0 Å². The number of hydrogen-bond acceptors (Lipinski definition) is 7. The Balaban J connectivity index is 2.18. The summed E-state index contributed by atoms with van der Waals surface area (Å²) in [5.74, 6) is -0.845. The van der Waals surface area contributed by atoms with Crippen molar-refractivity contribution in [3.63, 3.8) is 0 Å². The summed E-state index contributed by atoms with van der Waals surface area (Å²) in [5.41, 5.74) is 0. The van der Waals surface area contributed by atoms with Crippen LogP contribution in [0.2, 0.25) is 0 Å². The van der Waals surface area contributed by atoms with Crippen LogP contribution in [-0.2, 0) is 28.5 Å². The number of fused-ring (bicyclic) bond motifs is 1. The maximum absolute atomic E-state index is 11.1. The largest absolute Gasteiger partial charge is 0.366 e. The third-order valence-corrected chi connectivity index (χ3v) is 3.12. The summed E-state index contributed by atoms with van der Waals surface area (Å²) in [4.78, 5) is 0. The van der Waals surface area contributed by atoms with E-state index in [1.807, 2.05) is 0 Å². The smallest absolute Gasteiger partial charge is 0.264 e. The topological polar surface area (TPSA) is 91.3 Å². The molecule has 0 aromatic heterocycles. The van der Waals surface area contributed by atoms with Gasteiger partial charge >= 0.3 is 0 Å². The molecule has 0 unspecified atom stereocenters. The summed E-state index contributed by atoms with van der Waals surface area (Å²) in [6.07, 6.45) is -2.65. The summed E-state index contributed by atoms with van der Waals surface area (Å²) in [6, 6.07) is 0. The van der Waals surface area contributed by atoms with E-state index in [2.05, 4.69) is 0 Å². The first kappa shape index (κ1) is 13.2. The summed E-state index contributed by atoms with van der Waals surface area (Å²) < 4.78 is 43.1. The zero-order valence-corrected chi connectivity index (χ0v) is 10.6. The Morgan fingerprint density at radius 3 is 2.59 bits per heavy atom. The van der Waals surface area contributed by atoms with E-state index in [-0.39, 0.29) is 6.61 Å². The highest BCUT2D eigenvalue weighted by Crippen LogP contribution is 2.35. The molecule has 17 heavy (non-hydrogen) atoms. The maximum atomic E-state index is 11.1. The Morgan fingerprint density at radius 1 is 1.35 bits per heavy atom. The van der Waals surface area contributed by atoms with Crippen LogP contribution < -0.4 is 0 Å². The van der Waals surface area contributed by atoms with E-state index < -0.39 is 40.5 Å². The van der Waals surface area contributed by atoms with Crippen LogP contribution in [0.5, 0.6) is 0 Å². The van der Waals surface area contributed by atoms with Gasteiger partial charge in [0.05, 0.1) is 12.9 Å². The van der Waals surface area contributed by atoms with E-state index in [4.69, 9.17) is 18.4 Å². The van der Waals surface area contributed by atoms with Gasteiger partial charge in [-0.15, -0.1) is 0 Å². The number of aliphatic hydroxyl groups excluding tert-OH is 1. The molecule has 0 bridgehead atoms. The average molecular weight is 268 g/mol. The number of rotatable bonds is 2. The predicted octanol–water partition coefficient (Wildman–Crippen LogP) is -0.800. The molecule has 0 saturated carbocycles. The van der Waals surface area contributed by atoms with Gasteiger partial charge < -0.3 is 19.3 Å². The standard InChI is InChI=1S/C9H16O7S/c1-9(2)14-5-4-13-8(10)7(6(5)15-9)16-17(3,11)12/h5-8,10H,4H2,1-3H3/t5-,6-,7+,8-/m1/s1. The van der Waals surface area contributed by atoms with Crippen LogP contribution in [0, 0.1) is 0 Å². The van der Waals surface area contributed by atoms with Gasteiger partial charge in [0.2, 0.25) is 0 Å². The van der Waals surface area contributed by atoms with E-state index >= 15 is 0 Å². The van der Waals surface area contributed by atoms with Gasteiger partial charge in [0.15, 0.2) is 18.2 Å². The molecule has 2 aliphatic heterocycles. The fourth-order valence-corrected chi connectivity index (χ4v) is 2.63. The van der Waals surface area contributed by atoms with E-state index in [1.165, 1.54) is 0 Å². The minimum atomic E-state index is -3.71.